The molecule has 0 aliphatic heterocycles. The van der Waals surface area contributed by atoms with Gasteiger partial charge in [0.2, 0.25) is 0 Å². The van der Waals surface area contributed by atoms with E-state index in [1.807, 2.05) is 0 Å². The Hall–Kier alpha value is -1.96. The zero-order valence-electron chi connectivity index (χ0n) is 15.7. The first-order valence-electron chi connectivity index (χ1n) is 8.41. The van der Waals surface area contributed by atoms with Crippen LogP contribution >= 0.6 is 0 Å². The lowest BCUT2D eigenvalue weighted by Crippen LogP contribution is -2.37. The number of ketones is 1. The van der Waals surface area contributed by atoms with Crippen LogP contribution in [0.2, 0.25) is 0 Å². The summed E-state index contributed by atoms with van der Waals surface area (Å²) in [6.07, 6.45) is 3.15. The fourth-order valence-corrected chi connectivity index (χ4v) is 4.80. The number of hydrogen-bond donors (Lipinski definition) is 0. The molecule has 0 saturated heterocycles. The zero-order chi connectivity index (χ0) is 19.9. The van der Waals surface area contributed by atoms with Crippen LogP contribution < -0.4 is 4.18 Å². The summed E-state index contributed by atoms with van der Waals surface area (Å²) in [5, 5.41) is 11.4. The maximum atomic E-state index is 13.0. The van der Waals surface area contributed by atoms with Crippen LogP contribution in [0.5, 0.6) is 5.75 Å². The third-order valence-electron chi connectivity index (χ3n) is 4.60. The molecule has 0 atom stereocenters. The smallest absolute Gasteiger partial charge is 0.306 e. The molecule has 0 radical (unpaired) electrons. The van der Waals surface area contributed by atoms with Crippen LogP contribution in [0.1, 0.15) is 57.3 Å². The molecule has 0 amide bonds. The van der Waals surface area contributed by atoms with Gasteiger partial charge in [0.15, 0.2) is 5.78 Å². The van der Waals surface area contributed by atoms with Gasteiger partial charge < -0.3 is 4.18 Å². The fourth-order valence-electron chi connectivity index (χ4n) is 4.35. The van der Waals surface area contributed by atoms with Gasteiger partial charge in [-0.1, -0.05) is 27.7 Å². The van der Waals surface area contributed by atoms with E-state index in [0.29, 0.717) is 12.8 Å². The van der Waals surface area contributed by atoms with Crippen LogP contribution in [0.15, 0.2) is 18.2 Å². The van der Waals surface area contributed by atoms with Gasteiger partial charge in [-0.05, 0) is 42.2 Å². The van der Waals surface area contributed by atoms with Gasteiger partial charge >= 0.3 is 10.1 Å². The Morgan fingerprint density at radius 2 is 1.73 bits per heavy atom. The number of benzene rings is 1. The first-order chi connectivity index (χ1) is 11.7. The third kappa shape index (κ3) is 5.03. The van der Waals surface area contributed by atoms with Gasteiger partial charge in [0.05, 0.1) is 22.8 Å². The molecule has 1 aromatic carbocycles. The van der Waals surface area contributed by atoms with E-state index >= 15 is 0 Å². The molecule has 0 spiro atoms. The van der Waals surface area contributed by atoms with Gasteiger partial charge in [-0.3, -0.25) is 14.9 Å². The second kappa shape index (κ2) is 6.64. The third-order valence-corrected chi connectivity index (χ3v) is 5.10. The highest BCUT2D eigenvalue weighted by atomic mass is 32.2. The van der Waals surface area contributed by atoms with Crippen LogP contribution in [-0.2, 0) is 10.1 Å². The molecule has 1 aliphatic carbocycles. The molecule has 144 valence electrons. The molecular formula is C18H25NO6S. The van der Waals surface area contributed by atoms with E-state index < -0.39 is 20.7 Å². The normalized spacial score (nSPS) is 19.7. The van der Waals surface area contributed by atoms with Gasteiger partial charge in [0.25, 0.3) is 5.69 Å². The average Bonchev–Trinajstić information content (AvgIpc) is 2.41. The summed E-state index contributed by atoms with van der Waals surface area (Å²) < 4.78 is 27.2. The highest BCUT2D eigenvalue weighted by molar-refractivity contribution is 7.86. The highest BCUT2D eigenvalue weighted by Gasteiger charge is 2.42. The minimum absolute atomic E-state index is 0.00523. The van der Waals surface area contributed by atoms with E-state index in [1.165, 1.54) is 12.1 Å². The fraction of sp³-hybridized carbons (Fsp3) is 0.611. The highest BCUT2D eigenvalue weighted by Crippen LogP contribution is 2.49. The number of nitro groups is 1. The molecule has 0 heterocycles. The monoisotopic (exact) mass is 383 g/mol. The SMILES string of the molecule is CC1(C)CC(C(=O)c2ccc(OS(C)(=O)=O)cc2[N+](=O)[O-])CC(C)(C)C1. The largest absolute Gasteiger partial charge is 0.382 e. The van der Waals surface area contributed by atoms with Crippen molar-refractivity contribution in [2.75, 3.05) is 6.26 Å². The molecule has 0 bridgehead atoms. The molecule has 7 nitrogen and oxygen atoms in total. The zero-order valence-corrected chi connectivity index (χ0v) is 16.6. The van der Waals surface area contributed by atoms with Crippen LogP contribution in [0.3, 0.4) is 0 Å². The van der Waals surface area contributed by atoms with E-state index in [-0.39, 0.29) is 33.8 Å². The summed E-state index contributed by atoms with van der Waals surface area (Å²) in [5.41, 5.74) is -0.501. The van der Waals surface area contributed by atoms with Gasteiger partial charge in [-0.2, -0.15) is 8.42 Å². The maximum absolute atomic E-state index is 13.0. The molecule has 1 saturated carbocycles. The Morgan fingerprint density at radius 1 is 1.19 bits per heavy atom. The van der Waals surface area contributed by atoms with Crippen LogP contribution in [0.4, 0.5) is 5.69 Å². The van der Waals surface area contributed by atoms with Crippen molar-refractivity contribution in [3.05, 3.63) is 33.9 Å². The summed E-state index contributed by atoms with van der Waals surface area (Å²) in [4.78, 5) is 23.8. The van der Waals surface area contributed by atoms with Gasteiger partial charge in [-0.15, -0.1) is 0 Å². The Balaban J connectivity index is 2.40. The van der Waals surface area contributed by atoms with Crippen molar-refractivity contribution in [1.29, 1.82) is 0 Å². The minimum Gasteiger partial charge on any atom is -0.382 e. The number of Topliss-reactive ketones (excluding diaryl/α,β-unsaturated/α-hetero) is 1. The van der Waals surface area contributed by atoms with E-state index in [4.69, 9.17) is 4.18 Å². The number of hydrogen-bond acceptors (Lipinski definition) is 6. The maximum Gasteiger partial charge on any atom is 0.306 e. The molecule has 1 fully saturated rings. The molecule has 8 heteroatoms. The first-order valence-corrected chi connectivity index (χ1v) is 10.2. The summed E-state index contributed by atoms with van der Waals surface area (Å²) in [6, 6.07) is 3.56. The Morgan fingerprint density at radius 3 is 2.19 bits per heavy atom. The molecule has 26 heavy (non-hydrogen) atoms. The lowest BCUT2D eigenvalue weighted by molar-refractivity contribution is -0.385. The summed E-state index contributed by atoms with van der Waals surface area (Å²) in [7, 11) is -3.81. The Labute approximate surface area is 154 Å². The lowest BCUT2D eigenvalue weighted by atomic mass is 9.60. The summed E-state index contributed by atoms with van der Waals surface area (Å²) in [5.74, 6) is -0.766. The standard InChI is InChI=1S/C18H25NO6S/c1-17(2)9-12(10-18(3,4)11-17)16(20)14-7-6-13(25-26(5,23)24)8-15(14)19(21)22/h6-8,12H,9-11H2,1-5H3. The van der Waals surface area contributed by atoms with E-state index in [2.05, 4.69) is 27.7 Å². The summed E-state index contributed by atoms with van der Waals surface area (Å²) in [6.45, 7) is 8.41. The number of rotatable bonds is 5. The van der Waals surface area contributed by atoms with Crippen LogP contribution in [0.25, 0.3) is 0 Å². The van der Waals surface area contributed by atoms with Gasteiger partial charge in [0.1, 0.15) is 5.75 Å². The van der Waals surface area contributed by atoms with E-state index in [1.54, 1.807) is 0 Å². The summed E-state index contributed by atoms with van der Waals surface area (Å²) >= 11 is 0. The van der Waals surface area contributed by atoms with Crippen molar-refractivity contribution in [3.63, 3.8) is 0 Å². The van der Waals surface area contributed by atoms with Crippen molar-refractivity contribution < 1.29 is 22.3 Å². The van der Waals surface area contributed by atoms with E-state index in [0.717, 1.165) is 18.7 Å². The molecule has 0 N–H and O–H groups in total. The average molecular weight is 383 g/mol. The minimum atomic E-state index is -3.81. The Kier molecular flexibility index (Phi) is 5.20. The van der Waals surface area contributed by atoms with Crippen LogP contribution in [0, 0.1) is 26.9 Å². The lowest BCUT2D eigenvalue weighted by Gasteiger charge is -2.44. The first kappa shape index (κ1) is 20.4. The quantitative estimate of drug-likeness (QED) is 0.330. The van der Waals surface area contributed by atoms with E-state index in [9.17, 15) is 23.3 Å². The van der Waals surface area contributed by atoms with Gasteiger partial charge in [-0.25, -0.2) is 0 Å². The van der Waals surface area contributed by atoms with Crippen molar-refractivity contribution in [2.45, 2.75) is 47.0 Å². The second-order valence-corrected chi connectivity index (χ2v) is 10.3. The molecule has 2 rings (SSSR count). The number of nitro benzene ring substituents is 1. The number of carbonyl (C=O) groups is 1. The molecule has 0 unspecified atom stereocenters. The van der Waals surface area contributed by atoms with Gasteiger partial charge in [0, 0.05) is 5.92 Å². The molecule has 1 aromatic rings. The molecule has 1 aliphatic rings. The van der Waals surface area contributed by atoms with Crippen LogP contribution in [-0.4, -0.2) is 25.4 Å². The molecule has 0 aromatic heterocycles. The van der Waals surface area contributed by atoms with Crippen molar-refractivity contribution in [2.24, 2.45) is 16.7 Å². The predicted octanol–water partition coefficient (Wildman–Crippen LogP) is 3.97. The molecular weight excluding hydrogens is 358 g/mol. The Bertz CT molecular complexity index is 825. The van der Waals surface area contributed by atoms with Crippen molar-refractivity contribution in [1.82, 2.24) is 0 Å². The number of nitrogens with zero attached hydrogens (tertiary/aromatic N) is 1. The topological polar surface area (TPSA) is 104 Å². The number of carbonyl (C=O) groups excluding carboxylic acids is 1. The predicted molar refractivity (Wildman–Crippen MR) is 97.8 cm³/mol. The van der Waals surface area contributed by atoms with Crippen molar-refractivity contribution >= 4 is 21.6 Å². The second-order valence-electron chi connectivity index (χ2n) is 8.70. The van der Waals surface area contributed by atoms with Crippen molar-refractivity contribution in [3.8, 4) is 5.75 Å².